The van der Waals surface area contributed by atoms with Gasteiger partial charge < -0.3 is 5.32 Å². The van der Waals surface area contributed by atoms with Gasteiger partial charge in [0.1, 0.15) is 5.82 Å². The molecule has 1 aromatic heterocycles. The molecule has 0 amide bonds. The molecular weight excluding hydrogens is 240 g/mol. The first kappa shape index (κ1) is 12.3. The number of rotatable bonds is 4. The molecule has 2 aliphatic carbocycles. The quantitative estimate of drug-likeness (QED) is 0.896. The van der Waals surface area contributed by atoms with Gasteiger partial charge in [0.2, 0.25) is 0 Å². The number of hydrogen-bond donors (Lipinski definition) is 1. The number of thioether (sulfide) groups is 1. The predicted octanol–water partition coefficient (Wildman–Crippen LogP) is 3.66. The lowest BCUT2D eigenvalue weighted by molar-refractivity contribution is 0.750. The highest BCUT2D eigenvalue weighted by molar-refractivity contribution is 7.99. The maximum Gasteiger partial charge on any atom is 0.126 e. The second kappa shape index (κ2) is 5.52. The molecular formula is C15H22N2S. The van der Waals surface area contributed by atoms with Crippen LogP contribution in [0.25, 0.3) is 0 Å². The van der Waals surface area contributed by atoms with Crippen molar-refractivity contribution in [3.05, 3.63) is 23.4 Å². The number of nitrogens with zero attached hydrogens (tertiary/aromatic N) is 1. The van der Waals surface area contributed by atoms with Gasteiger partial charge in [-0.25, -0.2) is 4.98 Å². The monoisotopic (exact) mass is 262 g/mol. The molecule has 0 radical (unpaired) electrons. The van der Waals surface area contributed by atoms with Crippen molar-refractivity contribution >= 4 is 17.6 Å². The van der Waals surface area contributed by atoms with E-state index in [9.17, 15) is 0 Å². The molecule has 2 unspecified atom stereocenters. The van der Waals surface area contributed by atoms with Crippen LogP contribution in [0.15, 0.2) is 12.1 Å². The Labute approximate surface area is 114 Å². The van der Waals surface area contributed by atoms with Crippen LogP contribution in [0, 0.1) is 0 Å². The van der Waals surface area contributed by atoms with Gasteiger partial charge in [0.15, 0.2) is 0 Å². The third kappa shape index (κ3) is 2.66. The van der Waals surface area contributed by atoms with Crippen LogP contribution in [0.2, 0.25) is 0 Å². The van der Waals surface area contributed by atoms with E-state index in [-0.39, 0.29) is 0 Å². The minimum atomic E-state index is 0.640. The van der Waals surface area contributed by atoms with Gasteiger partial charge in [0.05, 0.1) is 0 Å². The first-order valence-electron chi connectivity index (χ1n) is 7.22. The zero-order chi connectivity index (χ0) is 12.4. The molecule has 1 fully saturated rings. The average molecular weight is 262 g/mol. The molecule has 1 saturated carbocycles. The summed E-state index contributed by atoms with van der Waals surface area (Å²) >= 11 is 2.11. The standard InChI is InChI=1S/C15H22N2S/c1-2-18-13-8-7-12(10-13)16-15-9-6-11-4-3-5-14(11)17-15/h6,9,12-13H,2-5,7-8,10H2,1H3,(H,16,17). The van der Waals surface area contributed by atoms with Crippen LogP contribution in [0.3, 0.4) is 0 Å². The van der Waals surface area contributed by atoms with Crippen molar-refractivity contribution in [1.82, 2.24) is 4.98 Å². The van der Waals surface area contributed by atoms with Crippen LogP contribution < -0.4 is 5.32 Å². The Kier molecular flexibility index (Phi) is 3.78. The van der Waals surface area contributed by atoms with Crippen LogP contribution in [0.5, 0.6) is 0 Å². The van der Waals surface area contributed by atoms with Gasteiger partial charge in [0.25, 0.3) is 0 Å². The summed E-state index contributed by atoms with van der Waals surface area (Å²) in [5, 5.41) is 4.50. The molecule has 3 heteroatoms. The minimum Gasteiger partial charge on any atom is -0.367 e. The molecule has 0 aromatic carbocycles. The fourth-order valence-electron chi connectivity index (χ4n) is 3.17. The van der Waals surface area contributed by atoms with Crippen molar-refractivity contribution in [2.24, 2.45) is 0 Å². The fraction of sp³-hybridized carbons (Fsp3) is 0.667. The molecule has 1 N–H and O–H groups in total. The molecule has 1 aromatic rings. The summed E-state index contributed by atoms with van der Waals surface area (Å²) in [5.41, 5.74) is 2.80. The molecule has 3 rings (SSSR count). The number of fused-ring (bicyclic) bond motifs is 1. The van der Waals surface area contributed by atoms with E-state index < -0.39 is 0 Å². The highest BCUT2D eigenvalue weighted by Crippen LogP contribution is 2.31. The first-order valence-corrected chi connectivity index (χ1v) is 8.27. The molecule has 2 nitrogen and oxygen atoms in total. The molecule has 98 valence electrons. The van der Waals surface area contributed by atoms with E-state index in [1.165, 1.54) is 55.5 Å². The van der Waals surface area contributed by atoms with Crippen LogP contribution in [0.4, 0.5) is 5.82 Å². The van der Waals surface area contributed by atoms with Crippen molar-refractivity contribution < 1.29 is 0 Å². The number of aryl methyl sites for hydroxylation is 2. The van der Waals surface area contributed by atoms with E-state index in [2.05, 4.69) is 36.1 Å². The predicted molar refractivity (Wildman–Crippen MR) is 79.4 cm³/mol. The maximum absolute atomic E-state index is 4.77. The molecule has 18 heavy (non-hydrogen) atoms. The lowest BCUT2D eigenvalue weighted by Crippen LogP contribution is -2.17. The number of aromatic nitrogens is 1. The molecule has 2 atom stereocenters. The summed E-state index contributed by atoms with van der Waals surface area (Å²) in [6, 6.07) is 5.08. The van der Waals surface area contributed by atoms with Crippen LogP contribution in [0.1, 0.15) is 43.9 Å². The summed E-state index contributed by atoms with van der Waals surface area (Å²) in [6.07, 6.45) is 7.64. The van der Waals surface area contributed by atoms with Crippen molar-refractivity contribution in [3.63, 3.8) is 0 Å². The summed E-state index contributed by atoms with van der Waals surface area (Å²) < 4.78 is 0. The van der Waals surface area contributed by atoms with Crippen molar-refractivity contribution in [2.75, 3.05) is 11.1 Å². The Morgan fingerprint density at radius 1 is 1.33 bits per heavy atom. The van der Waals surface area contributed by atoms with E-state index in [0.29, 0.717) is 6.04 Å². The Bertz CT molecular complexity index is 419. The van der Waals surface area contributed by atoms with Gasteiger partial charge in [-0.1, -0.05) is 13.0 Å². The minimum absolute atomic E-state index is 0.640. The zero-order valence-corrected chi connectivity index (χ0v) is 11.9. The molecule has 0 spiro atoms. The van der Waals surface area contributed by atoms with Gasteiger partial charge in [0, 0.05) is 17.0 Å². The summed E-state index contributed by atoms with van der Waals surface area (Å²) in [5.74, 6) is 2.34. The van der Waals surface area contributed by atoms with Crippen molar-refractivity contribution in [3.8, 4) is 0 Å². The van der Waals surface area contributed by atoms with Crippen molar-refractivity contribution in [2.45, 2.75) is 56.7 Å². The lowest BCUT2D eigenvalue weighted by atomic mass is 10.2. The van der Waals surface area contributed by atoms with Gasteiger partial charge in [-0.3, -0.25) is 0 Å². The van der Waals surface area contributed by atoms with Gasteiger partial charge in [-0.15, -0.1) is 0 Å². The second-order valence-electron chi connectivity index (χ2n) is 5.39. The molecule has 2 aliphatic rings. The smallest absolute Gasteiger partial charge is 0.126 e. The van der Waals surface area contributed by atoms with Gasteiger partial charge in [-0.05, 0) is 55.9 Å². The van der Waals surface area contributed by atoms with Crippen LogP contribution in [-0.2, 0) is 12.8 Å². The number of hydrogen-bond acceptors (Lipinski definition) is 3. The SMILES string of the molecule is CCSC1CCC(Nc2ccc3c(n2)CCC3)C1. The number of pyridine rings is 1. The molecule has 0 saturated heterocycles. The summed E-state index contributed by atoms with van der Waals surface area (Å²) in [6.45, 7) is 2.26. The largest absolute Gasteiger partial charge is 0.367 e. The Hall–Kier alpha value is -0.700. The third-order valence-corrected chi connectivity index (χ3v) is 5.30. The Morgan fingerprint density at radius 3 is 3.17 bits per heavy atom. The molecule has 1 heterocycles. The third-order valence-electron chi connectivity index (χ3n) is 4.07. The maximum atomic E-state index is 4.77. The van der Waals surface area contributed by atoms with E-state index in [4.69, 9.17) is 4.98 Å². The van der Waals surface area contributed by atoms with Gasteiger partial charge >= 0.3 is 0 Å². The molecule has 0 bridgehead atoms. The van der Waals surface area contributed by atoms with Gasteiger partial charge in [-0.2, -0.15) is 11.8 Å². The van der Waals surface area contributed by atoms with Crippen molar-refractivity contribution in [1.29, 1.82) is 0 Å². The first-order chi connectivity index (χ1) is 8.85. The topological polar surface area (TPSA) is 24.9 Å². The number of nitrogens with one attached hydrogen (secondary N) is 1. The van der Waals surface area contributed by atoms with E-state index in [0.717, 1.165) is 11.1 Å². The highest BCUT2D eigenvalue weighted by Gasteiger charge is 2.24. The molecule has 0 aliphatic heterocycles. The normalized spacial score (nSPS) is 26.3. The Morgan fingerprint density at radius 2 is 2.28 bits per heavy atom. The number of anilines is 1. The Balaban J connectivity index is 1.60. The fourth-order valence-corrected chi connectivity index (χ4v) is 4.31. The van der Waals surface area contributed by atoms with Crippen LogP contribution in [-0.4, -0.2) is 22.0 Å². The highest BCUT2D eigenvalue weighted by atomic mass is 32.2. The van der Waals surface area contributed by atoms with E-state index in [1.54, 1.807) is 0 Å². The van der Waals surface area contributed by atoms with E-state index in [1.807, 2.05) is 0 Å². The zero-order valence-electron chi connectivity index (χ0n) is 11.1. The second-order valence-corrected chi connectivity index (χ2v) is 6.96. The average Bonchev–Trinajstić information content (AvgIpc) is 2.98. The van der Waals surface area contributed by atoms with Crippen LogP contribution >= 0.6 is 11.8 Å². The summed E-state index contributed by atoms with van der Waals surface area (Å²) in [4.78, 5) is 4.77. The van der Waals surface area contributed by atoms with E-state index >= 15 is 0 Å². The lowest BCUT2D eigenvalue weighted by Gasteiger charge is -2.14. The summed E-state index contributed by atoms with van der Waals surface area (Å²) in [7, 11) is 0.